The lowest BCUT2D eigenvalue weighted by Gasteiger charge is -2.33. The fraction of sp³-hybridized carbons (Fsp3) is 0.300. The van der Waals surface area contributed by atoms with Gasteiger partial charge in [-0.1, -0.05) is 17.7 Å². The smallest absolute Gasteiger partial charge is 0.453 e. The number of alkyl halides is 4. The fourth-order valence-corrected chi connectivity index (χ4v) is 1.55. The molecule has 1 amide bonds. The summed E-state index contributed by atoms with van der Waals surface area (Å²) in [6.45, 7) is 1.73. The molecule has 3 nitrogen and oxygen atoms in total. The topological polar surface area (TPSA) is 38.3 Å². The van der Waals surface area contributed by atoms with Gasteiger partial charge in [-0.2, -0.15) is 13.2 Å². The van der Waals surface area contributed by atoms with Crippen LogP contribution in [0.15, 0.2) is 18.2 Å². The Hall–Kier alpha value is -1.43. The van der Waals surface area contributed by atoms with E-state index in [0.29, 0.717) is 0 Å². The highest BCUT2D eigenvalue weighted by molar-refractivity contribution is 6.37. The summed E-state index contributed by atoms with van der Waals surface area (Å²) in [4.78, 5) is 11.3. The van der Waals surface area contributed by atoms with Crippen molar-refractivity contribution < 1.29 is 22.7 Å². The van der Waals surface area contributed by atoms with Gasteiger partial charge < -0.3 is 10.1 Å². The molecule has 1 aromatic carbocycles. The second-order valence-electron chi connectivity index (χ2n) is 3.65. The monoisotopic (exact) mass is 265 g/mol. The highest BCUT2D eigenvalue weighted by atomic mass is 35.5. The predicted octanol–water partition coefficient (Wildman–Crippen LogP) is 2.82. The number of aryl methyl sites for hydroxylation is 1. The van der Waals surface area contributed by atoms with Gasteiger partial charge in [-0.25, -0.2) is 0 Å². The van der Waals surface area contributed by atoms with Crippen molar-refractivity contribution in [1.82, 2.24) is 0 Å². The molecule has 1 heterocycles. The van der Waals surface area contributed by atoms with Crippen LogP contribution in [0.4, 0.5) is 18.9 Å². The summed E-state index contributed by atoms with van der Waals surface area (Å²) in [5.41, 5.74) is 0.956. The van der Waals surface area contributed by atoms with E-state index in [4.69, 9.17) is 11.6 Å². The van der Waals surface area contributed by atoms with E-state index in [2.05, 4.69) is 10.1 Å². The number of hydrogen-bond donors (Lipinski definition) is 1. The Morgan fingerprint density at radius 1 is 1.41 bits per heavy atom. The summed E-state index contributed by atoms with van der Waals surface area (Å²) in [6, 6.07) is 4.39. The van der Waals surface area contributed by atoms with Crippen LogP contribution in [0.25, 0.3) is 0 Å². The van der Waals surface area contributed by atoms with Gasteiger partial charge in [0.2, 0.25) is 0 Å². The SMILES string of the molecule is Cc1ccc2c(c1)NC(=O)[C@](Cl)(C(F)(F)F)O2. The number of ether oxygens (including phenoxy) is 1. The maximum Gasteiger partial charge on any atom is 0.453 e. The minimum absolute atomic E-state index is 0.109. The van der Waals surface area contributed by atoms with E-state index in [-0.39, 0.29) is 11.4 Å². The van der Waals surface area contributed by atoms with Crippen molar-refractivity contribution in [2.24, 2.45) is 0 Å². The van der Waals surface area contributed by atoms with Gasteiger partial charge in [-0.15, -0.1) is 0 Å². The molecule has 17 heavy (non-hydrogen) atoms. The van der Waals surface area contributed by atoms with E-state index >= 15 is 0 Å². The van der Waals surface area contributed by atoms with E-state index in [0.717, 1.165) is 5.56 Å². The zero-order chi connectivity index (χ0) is 12.8. The maximum absolute atomic E-state index is 12.6. The average molecular weight is 266 g/mol. The zero-order valence-corrected chi connectivity index (χ0v) is 9.32. The van der Waals surface area contributed by atoms with Crippen LogP contribution < -0.4 is 10.1 Å². The molecule has 1 aliphatic rings. The number of hydrogen-bond acceptors (Lipinski definition) is 2. The van der Waals surface area contributed by atoms with Gasteiger partial charge >= 0.3 is 11.2 Å². The summed E-state index contributed by atoms with van der Waals surface area (Å²) >= 11 is 5.21. The number of fused-ring (bicyclic) bond motifs is 1. The third-order valence-corrected chi connectivity index (χ3v) is 2.75. The summed E-state index contributed by atoms with van der Waals surface area (Å²) in [5.74, 6) is -1.55. The minimum atomic E-state index is -5.00. The first kappa shape index (κ1) is 12.0. The number of carbonyl (C=O) groups excluding carboxylic acids is 1. The van der Waals surface area contributed by atoms with Crippen molar-refractivity contribution in [3.8, 4) is 5.75 Å². The Morgan fingerprint density at radius 2 is 2.06 bits per heavy atom. The molecule has 0 aromatic heterocycles. The van der Waals surface area contributed by atoms with Crippen LogP contribution in [-0.4, -0.2) is 17.1 Å². The first-order valence-electron chi connectivity index (χ1n) is 4.61. The van der Waals surface area contributed by atoms with Crippen LogP contribution in [0.3, 0.4) is 0 Å². The molecule has 1 aliphatic heterocycles. The molecular formula is C10H7ClF3NO2. The second-order valence-corrected chi connectivity index (χ2v) is 4.18. The van der Waals surface area contributed by atoms with Crippen LogP contribution >= 0.6 is 11.6 Å². The van der Waals surface area contributed by atoms with Crippen molar-refractivity contribution >= 4 is 23.2 Å². The molecule has 1 aromatic rings. The van der Waals surface area contributed by atoms with Gasteiger partial charge in [0.1, 0.15) is 5.75 Å². The zero-order valence-electron chi connectivity index (χ0n) is 8.56. The molecule has 0 unspecified atom stereocenters. The number of benzene rings is 1. The van der Waals surface area contributed by atoms with Crippen molar-refractivity contribution in [2.75, 3.05) is 5.32 Å². The molecule has 0 aliphatic carbocycles. The molecule has 0 fully saturated rings. The van der Waals surface area contributed by atoms with Gasteiger partial charge in [-0.05, 0) is 24.6 Å². The summed E-state index contributed by atoms with van der Waals surface area (Å²) in [7, 11) is 0. The molecule has 0 saturated carbocycles. The Balaban J connectivity index is 2.47. The van der Waals surface area contributed by atoms with Crippen molar-refractivity contribution in [2.45, 2.75) is 18.2 Å². The number of nitrogens with one attached hydrogen (secondary N) is 1. The van der Waals surface area contributed by atoms with Crippen LogP contribution in [-0.2, 0) is 4.79 Å². The van der Waals surface area contributed by atoms with E-state index in [9.17, 15) is 18.0 Å². The Kier molecular flexibility index (Phi) is 2.50. The Labute approximate surface area is 99.5 Å². The van der Waals surface area contributed by atoms with E-state index < -0.39 is 17.1 Å². The predicted molar refractivity (Wildman–Crippen MR) is 55.1 cm³/mol. The Bertz CT molecular complexity index is 489. The van der Waals surface area contributed by atoms with Crippen molar-refractivity contribution in [3.05, 3.63) is 23.8 Å². The molecule has 0 bridgehead atoms. The standard InChI is InChI=1S/C10H7ClF3NO2/c1-5-2-3-7-6(4-5)15-8(16)9(11,17-7)10(12,13)14/h2-4H,1H3,(H,15,16)/t9-/m1/s1. The Morgan fingerprint density at radius 3 is 2.65 bits per heavy atom. The second kappa shape index (κ2) is 3.53. The fourth-order valence-electron chi connectivity index (χ4n) is 1.42. The third-order valence-electron chi connectivity index (χ3n) is 2.29. The van der Waals surface area contributed by atoms with Gasteiger partial charge in [0.05, 0.1) is 5.69 Å². The molecule has 92 valence electrons. The minimum Gasteiger partial charge on any atom is -0.453 e. The lowest BCUT2D eigenvalue weighted by Crippen LogP contribution is -2.56. The number of anilines is 1. The molecule has 1 N–H and O–H groups in total. The molecule has 0 spiro atoms. The van der Waals surface area contributed by atoms with E-state index in [1.165, 1.54) is 12.1 Å². The summed E-state index contributed by atoms with van der Waals surface area (Å²) in [5, 5.41) is -1.28. The van der Waals surface area contributed by atoms with Crippen LogP contribution in [0.1, 0.15) is 5.56 Å². The largest absolute Gasteiger partial charge is 0.453 e. The highest BCUT2D eigenvalue weighted by Crippen LogP contribution is 2.44. The van der Waals surface area contributed by atoms with Crippen LogP contribution in [0.5, 0.6) is 5.75 Å². The van der Waals surface area contributed by atoms with Gasteiger partial charge in [0.25, 0.3) is 5.91 Å². The van der Waals surface area contributed by atoms with Crippen LogP contribution in [0, 0.1) is 6.92 Å². The average Bonchev–Trinajstić information content (AvgIpc) is 2.19. The lowest BCUT2D eigenvalue weighted by atomic mass is 10.1. The summed E-state index contributed by atoms with van der Waals surface area (Å²) in [6.07, 6.45) is -5.00. The summed E-state index contributed by atoms with van der Waals surface area (Å²) < 4.78 is 42.5. The van der Waals surface area contributed by atoms with Gasteiger partial charge in [-0.3, -0.25) is 4.79 Å². The van der Waals surface area contributed by atoms with E-state index in [1.807, 2.05) is 0 Å². The van der Waals surface area contributed by atoms with Crippen LogP contribution in [0.2, 0.25) is 0 Å². The quantitative estimate of drug-likeness (QED) is 0.733. The first-order valence-corrected chi connectivity index (χ1v) is 4.98. The van der Waals surface area contributed by atoms with Crippen molar-refractivity contribution in [3.63, 3.8) is 0 Å². The third kappa shape index (κ3) is 1.82. The molecule has 1 atom stereocenters. The molecular weight excluding hydrogens is 259 g/mol. The number of amides is 1. The molecule has 0 radical (unpaired) electrons. The normalized spacial score (nSPS) is 23.7. The lowest BCUT2D eigenvalue weighted by molar-refractivity contribution is -0.212. The van der Waals surface area contributed by atoms with Gasteiger partial charge in [0.15, 0.2) is 0 Å². The molecule has 0 saturated heterocycles. The first-order chi connectivity index (χ1) is 7.74. The maximum atomic E-state index is 12.6. The number of rotatable bonds is 0. The number of halogens is 4. The molecule has 2 rings (SSSR count). The van der Waals surface area contributed by atoms with Gasteiger partial charge in [0, 0.05) is 0 Å². The molecule has 7 heteroatoms. The van der Waals surface area contributed by atoms with Crippen molar-refractivity contribution in [1.29, 1.82) is 0 Å². The highest BCUT2D eigenvalue weighted by Gasteiger charge is 2.64. The number of carbonyl (C=O) groups is 1. The van der Waals surface area contributed by atoms with E-state index in [1.54, 1.807) is 13.0 Å².